The number of nitrogens with one attached hydrogen (secondary N) is 1. The lowest BCUT2D eigenvalue weighted by Gasteiger charge is -2.11. The van der Waals surface area contributed by atoms with Gasteiger partial charge in [-0.1, -0.05) is 18.9 Å². The highest BCUT2D eigenvalue weighted by Crippen LogP contribution is 2.20. The summed E-state index contributed by atoms with van der Waals surface area (Å²) >= 11 is 0. The summed E-state index contributed by atoms with van der Waals surface area (Å²) in [6, 6.07) is 3.76. The van der Waals surface area contributed by atoms with Crippen LogP contribution in [0.2, 0.25) is 0 Å². The van der Waals surface area contributed by atoms with Crippen LogP contribution in [0.5, 0.6) is 0 Å². The van der Waals surface area contributed by atoms with Gasteiger partial charge in [-0.2, -0.15) is 0 Å². The van der Waals surface area contributed by atoms with E-state index in [4.69, 9.17) is 4.74 Å². The number of pyridine rings is 1. The van der Waals surface area contributed by atoms with Gasteiger partial charge in [0.05, 0.1) is 12.5 Å². The molecule has 4 nitrogen and oxygen atoms in total. The minimum atomic E-state index is 0.0499. The molecule has 1 fully saturated rings. The Hall–Kier alpha value is -1.42. The number of rotatable bonds is 7. The van der Waals surface area contributed by atoms with Crippen LogP contribution in [0.25, 0.3) is 0 Å². The monoisotopic (exact) mass is 262 g/mol. The Kier molecular flexibility index (Phi) is 5.82. The lowest BCUT2D eigenvalue weighted by atomic mass is 10.2. The molecule has 104 valence electrons. The Labute approximate surface area is 114 Å². The third kappa shape index (κ3) is 5.39. The van der Waals surface area contributed by atoms with Crippen LogP contribution in [0.4, 0.5) is 0 Å². The van der Waals surface area contributed by atoms with Crippen LogP contribution in [0.1, 0.15) is 37.7 Å². The van der Waals surface area contributed by atoms with Crippen LogP contribution >= 0.6 is 0 Å². The molecular formula is C15H22N2O2. The largest absolute Gasteiger partial charge is 0.378 e. The number of carbonyl (C=O) groups excluding carboxylic acids is 1. The lowest BCUT2D eigenvalue weighted by molar-refractivity contribution is -0.120. The summed E-state index contributed by atoms with van der Waals surface area (Å²) in [6.07, 6.45) is 10.2. The van der Waals surface area contributed by atoms with Gasteiger partial charge in [-0.15, -0.1) is 0 Å². The van der Waals surface area contributed by atoms with Crippen molar-refractivity contribution in [2.24, 2.45) is 0 Å². The van der Waals surface area contributed by atoms with E-state index in [1.165, 1.54) is 25.7 Å². The van der Waals surface area contributed by atoms with Gasteiger partial charge in [0.2, 0.25) is 5.91 Å². The zero-order chi connectivity index (χ0) is 13.3. The van der Waals surface area contributed by atoms with E-state index < -0.39 is 0 Å². The maximum Gasteiger partial charge on any atom is 0.224 e. The third-order valence-corrected chi connectivity index (χ3v) is 3.39. The van der Waals surface area contributed by atoms with Crippen molar-refractivity contribution in [2.75, 3.05) is 13.2 Å². The van der Waals surface area contributed by atoms with Crippen LogP contribution in [0.15, 0.2) is 24.5 Å². The summed E-state index contributed by atoms with van der Waals surface area (Å²) in [5.74, 6) is 0.0499. The second kappa shape index (κ2) is 7.89. The van der Waals surface area contributed by atoms with Crippen molar-refractivity contribution in [2.45, 2.75) is 44.6 Å². The highest BCUT2D eigenvalue weighted by atomic mass is 16.5. The molecule has 1 amide bonds. The minimum Gasteiger partial charge on any atom is -0.378 e. The summed E-state index contributed by atoms with van der Waals surface area (Å²) < 4.78 is 5.74. The Bertz CT molecular complexity index is 375. The van der Waals surface area contributed by atoms with Gasteiger partial charge in [0.25, 0.3) is 0 Å². The molecule has 0 aliphatic heterocycles. The zero-order valence-corrected chi connectivity index (χ0v) is 11.3. The van der Waals surface area contributed by atoms with Crippen LogP contribution < -0.4 is 5.32 Å². The fourth-order valence-electron chi connectivity index (χ4n) is 2.36. The predicted molar refractivity (Wildman–Crippen MR) is 73.8 cm³/mol. The molecule has 0 spiro atoms. The molecular weight excluding hydrogens is 240 g/mol. The summed E-state index contributed by atoms with van der Waals surface area (Å²) in [5, 5.41) is 2.91. The Morgan fingerprint density at radius 1 is 1.42 bits per heavy atom. The molecule has 19 heavy (non-hydrogen) atoms. The first-order valence-electron chi connectivity index (χ1n) is 7.12. The molecule has 1 N–H and O–H groups in total. The average Bonchev–Trinajstić information content (AvgIpc) is 2.92. The number of hydrogen-bond acceptors (Lipinski definition) is 3. The predicted octanol–water partition coefficient (Wildman–Crippen LogP) is 2.09. The van der Waals surface area contributed by atoms with Gasteiger partial charge in [-0.05, 0) is 30.9 Å². The molecule has 1 saturated carbocycles. The van der Waals surface area contributed by atoms with Gasteiger partial charge in [-0.25, -0.2) is 0 Å². The standard InChI is InChI=1S/C15H22N2O2/c18-15(11-13-5-3-8-16-12-13)17-9-4-10-19-14-6-1-2-7-14/h3,5,8,12,14H,1-2,4,6-7,9-11H2,(H,17,18). The van der Waals surface area contributed by atoms with Crippen molar-refractivity contribution in [1.29, 1.82) is 0 Å². The number of ether oxygens (including phenoxy) is 1. The maximum absolute atomic E-state index is 11.7. The molecule has 1 aromatic heterocycles. The first-order chi connectivity index (χ1) is 9.34. The Morgan fingerprint density at radius 2 is 2.26 bits per heavy atom. The topological polar surface area (TPSA) is 51.2 Å². The molecule has 4 heteroatoms. The second-order valence-corrected chi connectivity index (χ2v) is 5.02. The maximum atomic E-state index is 11.7. The van der Waals surface area contributed by atoms with Crippen LogP contribution in [-0.4, -0.2) is 30.1 Å². The fourth-order valence-corrected chi connectivity index (χ4v) is 2.36. The molecule has 0 atom stereocenters. The molecule has 0 unspecified atom stereocenters. The lowest BCUT2D eigenvalue weighted by Crippen LogP contribution is -2.27. The zero-order valence-electron chi connectivity index (χ0n) is 11.3. The smallest absolute Gasteiger partial charge is 0.224 e. The number of amides is 1. The van der Waals surface area contributed by atoms with E-state index in [0.29, 0.717) is 19.1 Å². The summed E-state index contributed by atoms with van der Waals surface area (Å²) in [7, 11) is 0. The third-order valence-electron chi connectivity index (χ3n) is 3.39. The summed E-state index contributed by atoms with van der Waals surface area (Å²) in [5.41, 5.74) is 0.946. The number of carbonyl (C=O) groups is 1. The van der Waals surface area contributed by atoms with Gasteiger partial charge in [-0.3, -0.25) is 9.78 Å². The molecule has 0 bridgehead atoms. The highest BCUT2D eigenvalue weighted by Gasteiger charge is 2.14. The highest BCUT2D eigenvalue weighted by molar-refractivity contribution is 5.78. The molecule has 1 aliphatic rings. The molecule has 2 rings (SSSR count). The minimum absolute atomic E-state index is 0.0499. The number of nitrogens with zero attached hydrogens (tertiary/aromatic N) is 1. The Morgan fingerprint density at radius 3 is 3.00 bits per heavy atom. The van der Waals surface area contributed by atoms with Gasteiger partial charge in [0, 0.05) is 25.5 Å². The van der Waals surface area contributed by atoms with E-state index in [2.05, 4.69) is 10.3 Å². The average molecular weight is 262 g/mol. The number of hydrogen-bond donors (Lipinski definition) is 1. The molecule has 1 aliphatic carbocycles. The van der Waals surface area contributed by atoms with Crippen LogP contribution in [-0.2, 0) is 16.0 Å². The summed E-state index contributed by atoms with van der Waals surface area (Å²) in [4.78, 5) is 15.6. The molecule has 1 aromatic rings. The van der Waals surface area contributed by atoms with E-state index in [1.54, 1.807) is 12.4 Å². The van der Waals surface area contributed by atoms with Crippen LogP contribution in [0, 0.1) is 0 Å². The van der Waals surface area contributed by atoms with Crippen molar-refractivity contribution >= 4 is 5.91 Å². The number of aromatic nitrogens is 1. The molecule has 0 saturated heterocycles. The van der Waals surface area contributed by atoms with Crippen molar-refractivity contribution in [1.82, 2.24) is 10.3 Å². The molecule has 1 heterocycles. The molecule has 0 aromatic carbocycles. The van der Waals surface area contributed by atoms with E-state index in [-0.39, 0.29) is 5.91 Å². The van der Waals surface area contributed by atoms with Gasteiger partial charge >= 0.3 is 0 Å². The normalized spacial score (nSPS) is 15.6. The van der Waals surface area contributed by atoms with Crippen molar-refractivity contribution in [3.8, 4) is 0 Å². The van der Waals surface area contributed by atoms with E-state index in [1.807, 2.05) is 12.1 Å². The van der Waals surface area contributed by atoms with Crippen molar-refractivity contribution in [3.05, 3.63) is 30.1 Å². The SMILES string of the molecule is O=C(Cc1cccnc1)NCCCOC1CCCC1. The van der Waals surface area contributed by atoms with Crippen LogP contribution in [0.3, 0.4) is 0 Å². The van der Waals surface area contributed by atoms with Gasteiger partial charge < -0.3 is 10.1 Å². The van der Waals surface area contributed by atoms with E-state index in [0.717, 1.165) is 18.6 Å². The first-order valence-corrected chi connectivity index (χ1v) is 7.12. The van der Waals surface area contributed by atoms with Crippen molar-refractivity contribution < 1.29 is 9.53 Å². The van der Waals surface area contributed by atoms with Gasteiger partial charge in [0.1, 0.15) is 0 Å². The quantitative estimate of drug-likeness (QED) is 0.765. The Balaban J connectivity index is 1.51. The van der Waals surface area contributed by atoms with Gasteiger partial charge in [0.15, 0.2) is 0 Å². The first kappa shape index (κ1) is 14.0. The summed E-state index contributed by atoms with van der Waals surface area (Å²) in [6.45, 7) is 1.43. The molecule has 0 radical (unpaired) electrons. The van der Waals surface area contributed by atoms with E-state index in [9.17, 15) is 4.79 Å². The fraction of sp³-hybridized carbons (Fsp3) is 0.600. The van der Waals surface area contributed by atoms with E-state index >= 15 is 0 Å². The second-order valence-electron chi connectivity index (χ2n) is 5.02. The van der Waals surface area contributed by atoms with Crippen molar-refractivity contribution in [3.63, 3.8) is 0 Å².